The minimum absolute atomic E-state index is 0.00515. The molecule has 0 unspecified atom stereocenters. The van der Waals surface area contributed by atoms with Crippen molar-refractivity contribution in [3.63, 3.8) is 0 Å². The second kappa shape index (κ2) is 18.0. The third-order valence-corrected chi connectivity index (χ3v) is 10.3. The van der Waals surface area contributed by atoms with E-state index in [0.29, 0.717) is 55.8 Å². The van der Waals surface area contributed by atoms with E-state index < -0.39 is 6.10 Å². The van der Waals surface area contributed by atoms with E-state index in [9.17, 15) is 19.8 Å². The number of methoxy groups -OCH3 is 1. The molecule has 0 aliphatic carbocycles. The average Bonchev–Trinajstić information content (AvgIpc) is 3.17. The highest BCUT2D eigenvalue weighted by Gasteiger charge is 2.40. The Morgan fingerprint density at radius 3 is 2.75 bits per heavy atom. The van der Waals surface area contributed by atoms with Crippen molar-refractivity contribution in [1.82, 2.24) is 25.1 Å². The number of nitrogens with zero attached hydrogens (tertiary/aromatic N) is 4. The maximum Gasteiger partial charge on any atom is 0.248 e. The van der Waals surface area contributed by atoms with E-state index in [1.54, 1.807) is 37.4 Å². The van der Waals surface area contributed by atoms with Gasteiger partial charge in [-0.05, 0) is 54.2 Å². The van der Waals surface area contributed by atoms with Gasteiger partial charge in [0.25, 0.3) is 0 Å². The summed E-state index contributed by atoms with van der Waals surface area (Å²) in [6.07, 6.45) is 3.99. The molecular formula is C40H52N6O7. The zero-order valence-corrected chi connectivity index (χ0v) is 30.8. The predicted octanol–water partition coefficient (Wildman–Crippen LogP) is 3.24. The number of aromatic nitrogens is 2. The fraction of sp³-hybridized carbons (Fsp3) is 0.475. The number of aliphatic hydroxyl groups is 1. The van der Waals surface area contributed by atoms with Crippen molar-refractivity contribution in [2.24, 2.45) is 0 Å². The number of phenols is 1. The van der Waals surface area contributed by atoms with Crippen LogP contribution in [0.5, 0.6) is 11.5 Å². The first-order chi connectivity index (χ1) is 25.7. The molecule has 2 aromatic carbocycles. The Bertz CT molecular complexity index is 1880. The number of carbonyl (C=O) groups is 1. The van der Waals surface area contributed by atoms with E-state index in [4.69, 9.17) is 14.2 Å². The number of aliphatic hydroxyl groups excluding tert-OH is 1. The van der Waals surface area contributed by atoms with Crippen LogP contribution in [0.3, 0.4) is 0 Å². The van der Waals surface area contributed by atoms with Crippen molar-refractivity contribution in [2.45, 2.75) is 43.9 Å². The van der Waals surface area contributed by atoms with Crippen LogP contribution in [0, 0.1) is 0 Å². The second-order valence-corrected chi connectivity index (χ2v) is 14.0. The number of amides is 1. The van der Waals surface area contributed by atoms with E-state index in [2.05, 4.69) is 49.4 Å². The number of hydrogen-bond acceptors (Lipinski definition) is 11. The molecule has 13 heteroatoms. The number of rotatable bonds is 16. The monoisotopic (exact) mass is 728 g/mol. The molecule has 4 heterocycles. The van der Waals surface area contributed by atoms with Crippen LogP contribution in [-0.4, -0.2) is 121 Å². The van der Waals surface area contributed by atoms with Gasteiger partial charge in [0.15, 0.2) is 0 Å². The number of morpholine rings is 1. The Balaban J connectivity index is 0.854. The molecule has 1 amide bonds. The maximum atomic E-state index is 12.7. The van der Waals surface area contributed by atoms with Crippen molar-refractivity contribution in [3.05, 3.63) is 93.9 Å². The number of likely N-dealkylation sites (tertiary alicyclic amines) is 1. The van der Waals surface area contributed by atoms with Gasteiger partial charge in [0, 0.05) is 83.1 Å². The van der Waals surface area contributed by atoms with E-state index in [-0.39, 0.29) is 29.4 Å². The molecule has 13 nitrogen and oxygen atoms in total. The minimum Gasteiger partial charge on any atom is -0.506 e. The molecule has 0 bridgehead atoms. The smallest absolute Gasteiger partial charge is 0.248 e. The van der Waals surface area contributed by atoms with Gasteiger partial charge in [0.05, 0.1) is 50.6 Å². The van der Waals surface area contributed by atoms with Gasteiger partial charge in [0.2, 0.25) is 11.5 Å². The van der Waals surface area contributed by atoms with Gasteiger partial charge in [-0.15, -0.1) is 0 Å². The Morgan fingerprint density at radius 2 is 1.92 bits per heavy atom. The summed E-state index contributed by atoms with van der Waals surface area (Å²) in [4.78, 5) is 38.0. The first-order valence-electron chi connectivity index (χ1n) is 18.5. The Kier molecular flexibility index (Phi) is 13.0. The summed E-state index contributed by atoms with van der Waals surface area (Å²) in [5, 5.41) is 24.6. The zero-order chi connectivity index (χ0) is 37.2. The number of H-pyrrole nitrogens is 1. The normalized spacial score (nSPS) is 16.5. The summed E-state index contributed by atoms with van der Waals surface area (Å²) < 4.78 is 17.6. The number of ether oxygens (including phenoxy) is 3. The number of piperidine rings is 1. The van der Waals surface area contributed by atoms with Crippen LogP contribution in [0.25, 0.3) is 10.9 Å². The van der Waals surface area contributed by atoms with E-state index in [0.717, 1.165) is 63.6 Å². The quantitative estimate of drug-likeness (QED) is 0.126. The van der Waals surface area contributed by atoms with Crippen molar-refractivity contribution in [1.29, 1.82) is 0 Å². The Morgan fingerprint density at radius 1 is 1.09 bits per heavy atom. The number of nitrogens with one attached hydrogen (secondary N) is 2. The van der Waals surface area contributed by atoms with Gasteiger partial charge >= 0.3 is 0 Å². The SMILES string of the molecule is COc1ccnc(N2CCOC3(CCN(Cc4cccc(CCOCCC(=O)N(C)CCNC[C@H](O)c5ccc(O)c6[nH]c(=O)ccc56)c4)CC3)C2)c1. The number of hydrogen-bond donors (Lipinski definition) is 4. The highest BCUT2D eigenvalue weighted by molar-refractivity contribution is 5.87. The van der Waals surface area contributed by atoms with Crippen LogP contribution in [0.1, 0.15) is 42.1 Å². The van der Waals surface area contributed by atoms with Gasteiger partial charge in [-0.3, -0.25) is 14.5 Å². The first-order valence-corrected chi connectivity index (χ1v) is 18.5. The molecule has 0 radical (unpaired) electrons. The molecule has 2 aromatic heterocycles. The number of likely N-dealkylation sites (N-methyl/N-ethyl adjacent to an activating group) is 1. The predicted molar refractivity (Wildman–Crippen MR) is 203 cm³/mol. The lowest BCUT2D eigenvalue weighted by Gasteiger charge is -2.47. The second-order valence-electron chi connectivity index (χ2n) is 14.0. The molecule has 6 rings (SSSR count). The average molecular weight is 729 g/mol. The number of phenolic OH excluding ortho intramolecular Hbond substituents is 1. The molecule has 2 saturated heterocycles. The van der Waals surface area contributed by atoms with Crippen molar-refractivity contribution < 1.29 is 29.2 Å². The van der Waals surface area contributed by atoms with Crippen LogP contribution in [-0.2, 0) is 27.2 Å². The van der Waals surface area contributed by atoms with E-state index in [1.807, 2.05) is 12.1 Å². The van der Waals surface area contributed by atoms with Crippen LogP contribution < -0.4 is 20.5 Å². The first kappa shape index (κ1) is 38.2. The van der Waals surface area contributed by atoms with E-state index >= 15 is 0 Å². The number of benzene rings is 2. The van der Waals surface area contributed by atoms with Gasteiger partial charge < -0.3 is 44.5 Å². The molecular weight excluding hydrogens is 676 g/mol. The zero-order valence-electron chi connectivity index (χ0n) is 30.8. The fourth-order valence-corrected chi connectivity index (χ4v) is 7.22. The molecule has 53 heavy (non-hydrogen) atoms. The molecule has 2 aliphatic rings. The summed E-state index contributed by atoms with van der Waals surface area (Å²) in [7, 11) is 3.44. The summed E-state index contributed by atoms with van der Waals surface area (Å²) in [6.45, 7) is 7.36. The number of pyridine rings is 2. The van der Waals surface area contributed by atoms with Crippen LogP contribution >= 0.6 is 0 Å². The molecule has 0 saturated carbocycles. The lowest BCUT2D eigenvalue weighted by Crippen LogP contribution is -2.57. The summed E-state index contributed by atoms with van der Waals surface area (Å²) in [5.41, 5.74) is 2.92. The lowest BCUT2D eigenvalue weighted by atomic mass is 9.89. The lowest BCUT2D eigenvalue weighted by molar-refractivity contribution is -0.131. The van der Waals surface area contributed by atoms with Crippen LogP contribution in [0.15, 0.2) is 71.7 Å². The third kappa shape index (κ3) is 10.1. The number of aromatic hydroxyl groups is 1. The number of fused-ring (bicyclic) bond motifs is 1. The summed E-state index contributed by atoms with van der Waals surface area (Å²) in [6, 6.07) is 18.6. The highest BCUT2D eigenvalue weighted by Crippen LogP contribution is 2.33. The largest absolute Gasteiger partial charge is 0.506 e. The number of anilines is 1. The molecule has 4 N–H and O–H groups in total. The topological polar surface area (TPSA) is 153 Å². The summed E-state index contributed by atoms with van der Waals surface area (Å²) in [5.74, 6) is 1.70. The molecule has 2 aliphatic heterocycles. The van der Waals surface area contributed by atoms with Gasteiger partial charge in [-0.2, -0.15) is 0 Å². The van der Waals surface area contributed by atoms with Crippen molar-refractivity contribution >= 4 is 22.6 Å². The van der Waals surface area contributed by atoms with E-state index in [1.165, 1.54) is 23.3 Å². The standard InChI is InChI=1S/C40H52N6O7/c1-44(19-16-41-26-35(48)32-6-8-34(47)39-33(32)7-9-37(49)43-39)38(50)12-22-52-21-11-29-4-3-5-30(24-29)27-45-17-13-40(14-18-45)28-46(20-23-53-40)36-25-31(51-2)10-15-42-36/h3-10,15,24-25,35,41,47-48H,11-14,16-23,26-28H2,1-2H3,(H,43,49)/t35-/m0/s1. The third-order valence-electron chi connectivity index (χ3n) is 10.3. The van der Waals surface area contributed by atoms with Gasteiger partial charge in [-0.25, -0.2) is 4.98 Å². The Labute approximate surface area is 310 Å². The molecule has 284 valence electrons. The van der Waals surface area contributed by atoms with Crippen LogP contribution in [0.4, 0.5) is 5.82 Å². The molecule has 1 spiro atoms. The molecule has 2 fully saturated rings. The molecule has 1 atom stereocenters. The maximum absolute atomic E-state index is 12.7. The van der Waals surface area contributed by atoms with Gasteiger partial charge in [-0.1, -0.05) is 30.3 Å². The van der Waals surface area contributed by atoms with Gasteiger partial charge in [0.1, 0.15) is 17.3 Å². The Hall–Kier alpha value is -4.53. The number of carbonyl (C=O) groups excluding carboxylic acids is 1. The molecule has 4 aromatic rings. The van der Waals surface area contributed by atoms with Crippen molar-refractivity contribution in [3.8, 4) is 11.5 Å². The minimum atomic E-state index is -0.857. The van der Waals surface area contributed by atoms with Crippen molar-refractivity contribution in [2.75, 3.05) is 84.7 Å². The highest BCUT2D eigenvalue weighted by atomic mass is 16.5. The number of aromatic amines is 1. The fourth-order valence-electron chi connectivity index (χ4n) is 7.22. The summed E-state index contributed by atoms with van der Waals surface area (Å²) >= 11 is 0. The van der Waals surface area contributed by atoms with Crippen LogP contribution in [0.2, 0.25) is 0 Å².